The molecule has 2 rings (SSSR count). The van der Waals surface area contributed by atoms with Crippen molar-refractivity contribution in [1.29, 1.82) is 0 Å². The van der Waals surface area contributed by atoms with E-state index in [1.807, 2.05) is 0 Å². The van der Waals surface area contributed by atoms with Crippen LogP contribution in [0.1, 0.15) is 36.6 Å². The maximum Gasteiger partial charge on any atom is 0.0957 e. The van der Waals surface area contributed by atoms with E-state index in [9.17, 15) is 0 Å². The topological polar surface area (TPSA) is 21.3 Å². The van der Waals surface area contributed by atoms with E-state index in [2.05, 4.69) is 51.2 Å². The summed E-state index contributed by atoms with van der Waals surface area (Å²) in [7, 11) is 0. The first-order valence-corrected chi connectivity index (χ1v) is 5.93. The van der Waals surface area contributed by atoms with Gasteiger partial charge < -0.3 is 10.1 Å². The molecule has 0 spiro atoms. The molecule has 1 saturated heterocycles. The molecule has 1 atom stereocenters. The Balaban J connectivity index is 2.23. The highest BCUT2D eigenvalue weighted by atomic mass is 16.5. The maximum atomic E-state index is 6.11. The smallest absolute Gasteiger partial charge is 0.0957 e. The lowest BCUT2D eigenvalue weighted by atomic mass is 9.99. The molecular formula is C14H21NO. The summed E-state index contributed by atoms with van der Waals surface area (Å²) in [5.74, 6) is 0. The van der Waals surface area contributed by atoms with E-state index in [1.54, 1.807) is 0 Å². The summed E-state index contributed by atoms with van der Waals surface area (Å²) in [4.78, 5) is 0. The van der Waals surface area contributed by atoms with Gasteiger partial charge >= 0.3 is 0 Å². The van der Waals surface area contributed by atoms with E-state index >= 15 is 0 Å². The van der Waals surface area contributed by atoms with Gasteiger partial charge in [0.2, 0.25) is 0 Å². The maximum absolute atomic E-state index is 6.11. The Morgan fingerprint density at radius 1 is 1.19 bits per heavy atom. The summed E-state index contributed by atoms with van der Waals surface area (Å²) in [6, 6.07) is 6.65. The van der Waals surface area contributed by atoms with Crippen molar-refractivity contribution in [2.45, 2.75) is 39.4 Å². The van der Waals surface area contributed by atoms with Gasteiger partial charge in [-0.1, -0.05) is 29.3 Å². The van der Waals surface area contributed by atoms with Gasteiger partial charge in [-0.3, -0.25) is 0 Å². The second-order valence-electron chi connectivity index (χ2n) is 5.42. The third-order valence-corrected chi connectivity index (χ3v) is 2.96. The Morgan fingerprint density at radius 2 is 1.81 bits per heavy atom. The molecule has 1 unspecified atom stereocenters. The highest BCUT2D eigenvalue weighted by Gasteiger charge is 2.29. The van der Waals surface area contributed by atoms with Crippen molar-refractivity contribution in [3.63, 3.8) is 0 Å². The lowest BCUT2D eigenvalue weighted by molar-refractivity contribution is -0.0959. The van der Waals surface area contributed by atoms with Crippen molar-refractivity contribution >= 4 is 0 Å². The third kappa shape index (κ3) is 2.63. The molecular weight excluding hydrogens is 198 g/mol. The summed E-state index contributed by atoms with van der Waals surface area (Å²) in [6.07, 6.45) is 0.183. The van der Waals surface area contributed by atoms with Crippen LogP contribution in [-0.2, 0) is 4.74 Å². The molecule has 2 nitrogen and oxygen atoms in total. The monoisotopic (exact) mass is 219 g/mol. The van der Waals surface area contributed by atoms with E-state index < -0.39 is 0 Å². The molecule has 0 bridgehead atoms. The zero-order valence-corrected chi connectivity index (χ0v) is 10.6. The van der Waals surface area contributed by atoms with Gasteiger partial charge in [0.1, 0.15) is 0 Å². The summed E-state index contributed by atoms with van der Waals surface area (Å²) in [6.45, 7) is 10.4. The number of morpholine rings is 1. The zero-order chi connectivity index (χ0) is 11.8. The van der Waals surface area contributed by atoms with Crippen molar-refractivity contribution in [2.24, 2.45) is 0 Å². The van der Waals surface area contributed by atoms with Crippen LogP contribution < -0.4 is 5.32 Å². The first-order valence-electron chi connectivity index (χ1n) is 5.93. The standard InChI is InChI=1S/C14H21NO/c1-10-5-11(2)7-12(6-10)13-8-15-9-14(3,4)16-13/h5-7,13,15H,8-9H2,1-4H3. The molecule has 0 aliphatic carbocycles. The number of benzene rings is 1. The summed E-state index contributed by atoms with van der Waals surface area (Å²) < 4.78 is 6.11. The van der Waals surface area contributed by atoms with E-state index in [-0.39, 0.29) is 11.7 Å². The number of hydrogen-bond acceptors (Lipinski definition) is 2. The SMILES string of the molecule is Cc1cc(C)cc(C2CNCC(C)(C)O2)c1. The van der Waals surface area contributed by atoms with Crippen LogP contribution in [-0.4, -0.2) is 18.7 Å². The van der Waals surface area contributed by atoms with Gasteiger partial charge in [0.25, 0.3) is 0 Å². The van der Waals surface area contributed by atoms with Crippen molar-refractivity contribution < 1.29 is 4.74 Å². The lowest BCUT2D eigenvalue weighted by Crippen LogP contribution is -2.46. The molecule has 88 valence electrons. The average Bonchev–Trinajstić information content (AvgIpc) is 2.14. The first-order chi connectivity index (χ1) is 7.46. The predicted octanol–water partition coefficient (Wildman–Crippen LogP) is 2.74. The van der Waals surface area contributed by atoms with Gasteiger partial charge in [0.05, 0.1) is 11.7 Å². The largest absolute Gasteiger partial charge is 0.365 e. The minimum absolute atomic E-state index is 0.0689. The van der Waals surface area contributed by atoms with Gasteiger partial charge in [0, 0.05) is 13.1 Å². The number of hydrogen-bond donors (Lipinski definition) is 1. The molecule has 0 radical (unpaired) electrons. The molecule has 1 aliphatic heterocycles. The minimum atomic E-state index is -0.0689. The van der Waals surface area contributed by atoms with Gasteiger partial charge in [-0.05, 0) is 33.3 Å². The Hall–Kier alpha value is -0.860. The van der Waals surface area contributed by atoms with Gasteiger partial charge in [-0.25, -0.2) is 0 Å². The molecule has 1 aromatic rings. The fourth-order valence-corrected chi connectivity index (χ4v) is 2.35. The fraction of sp³-hybridized carbons (Fsp3) is 0.571. The van der Waals surface area contributed by atoms with Crippen LogP contribution in [0.15, 0.2) is 18.2 Å². The van der Waals surface area contributed by atoms with Crippen molar-refractivity contribution in [1.82, 2.24) is 5.32 Å². The van der Waals surface area contributed by atoms with E-state index in [0.29, 0.717) is 0 Å². The normalized spacial score (nSPS) is 24.4. The third-order valence-electron chi connectivity index (χ3n) is 2.96. The second kappa shape index (κ2) is 4.19. The second-order valence-corrected chi connectivity index (χ2v) is 5.42. The Bertz CT molecular complexity index is 364. The summed E-state index contributed by atoms with van der Waals surface area (Å²) in [5.41, 5.74) is 3.84. The van der Waals surface area contributed by atoms with Gasteiger partial charge in [0.15, 0.2) is 0 Å². The van der Waals surface area contributed by atoms with Crippen LogP contribution in [0, 0.1) is 13.8 Å². The number of aryl methyl sites for hydroxylation is 2. The van der Waals surface area contributed by atoms with Crippen molar-refractivity contribution in [2.75, 3.05) is 13.1 Å². The van der Waals surface area contributed by atoms with Crippen LogP contribution in [0.25, 0.3) is 0 Å². The molecule has 0 aromatic heterocycles. The van der Waals surface area contributed by atoms with E-state index in [4.69, 9.17) is 4.74 Å². The molecule has 1 N–H and O–H groups in total. The quantitative estimate of drug-likeness (QED) is 0.784. The molecule has 1 aromatic carbocycles. The molecule has 0 saturated carbocycles. The molecule has 2 heteroatoms. The van der Waals surface area contributed by atoms with Crippen LogP contribution in [0.4, 0.5) is 0 Å². The molecule has 16 heavy (non-hydrogen) atoms. The van der Waals surface area contributed by atoms with E-state index in [0.717, 1.165) is 13.1 Å². The molecule has 1 fully saturated rings. The predicted molar refractivity (Wildman–Crippen MR) is 66.7 cm³/mol. The fourth-order valence-electron chi connectivity index (χ4n) is 2.35. The van der Waals surface area contributed by atoms with Crippen LogP contribution in [0.5, 0.6) is 0 Å². The van der Waals surface area contributed by atoms with Gasteiger partial charge in [-0.15, -0.1) is 0 Å². The van der Waals surface area contributed by atoms with Crippen molar-refractivity contribution in [3.05, 3.63) is 34.9 Å². The summed E-state index contributed by atoms with van der Waals surface area (Å²) >= 11 is 0. The number of rotatable bonds is 1. The number of nitrogens with one attached hydrogen (secondary N) is 1. The van der Waals surface area contributed by atoms with Crippen LogP contribution in [0.3, 0.4) is 0 Å². The zero-order valence-electron chi connectivity index (χ0n) is 10.6. The Kier molecular flexibility index (Phi) is 3.04. The molecule has 1 aliphatic rings. The molecule has 0 amide bonds. The van der Waals surface area contributed by atoms with Gasteiger partial charge in [-0.2, -0.15) is 0 Å². The average molecular weight is 219 g/mol. The first kappa shape index (κ1) is 11.6. The summed E-state index contributed by atoms with van der Waals surface area (Å²) in [5, 5.41) is 3.44. The van der Waals surface area contributed by atoms with Crippen LogP contribution >= 0.6 is 0 Å². The lowest BCUT2D eigenvalue weighted by Gasteiger charge is -2.37. The van der Waals surface area contributed by atoms with Crippen molar-refractivity contribution in [3.8, 4) is 0 Å². The number of ether oxygens (including phenoxy) is 1. The highest BCUT2D eigenvalue weighted by molar-refractivity contribution is 5.30. The van der Waals surface area contributed by atoms with E-state index in [1.165, 1.54) is 16.7 Å². The van der Waals surface area contributed by atoms with Crippen LogP contribution in [0.2, 0.25) is 0 Å². The Morgan fingerprint density at radius 3 is 2.38 bits per heavy atom. The highest BCUT2D eigenvalue weighted by Crippen LogP contribution is 2.27. The minimum Gasteiger partial charge on any atom is -0.365 e. The Labute approximate surface area is 98.0 Å². The molecule has 1 heterocycles.